The van der Waals surface area contributed by atoms with Gasteiger partial charge in [-0.25, -0.2) is 8.42 Å². The quantitative estimate of drug-likeness (QED) is 0.822. The third-order valence-electron chi connectivity index (χ3n) is 3.39. The summed E-state index contributed by atoms with van der Waals surface area (Å²) < 4.78 is 22.9. The molecule has 1 fully saturated rings. The second-order valence-electron chi connectivity index (χ2n) is 4.74. The molecule has 1 unspecified atom stereocenters. The van der Waals surface area contributed by atoms with Crippen molar-refractivity contribution in [1.29, 1.82) is 5.26 Å². The molecule has 0 bridgehead atoms. The van der Waals surface area contributed by atoms with Gasteiger partial charge in [0.1, 0.15) is 0 Å². The molecular formula is C13H16N2O2S. The van der Waals surface area contributed by atoms with Crippen LogP contribution in [0.2, 0.25) is 0 Å². The number of benzene rings is 1. The van der Waals surface area contributed by atoms with E-state index >= 15 is 0 Å². The van der Waals surface area contributed by atoms with Gasteiger partial charge in [-0.15, -0.1) is 0 Å². The van der Waals surface area contributed by atoms with Gasteiger partial charge in [-0.05, 0) is 25.1 Å². The second-order valence-corrected chi connectivity index (χ2v) is 6.97. The summed E-state index contributed by atoms with van der Waals surface area (Å²) in [6, 6.07) is 9.67. The number of hydrogen-bond acceptors (Lipinski definition) is 4. The molecule has 1 aliphatic heterocycles. The Labute approximate surface area is 108 Å². The molecule has 0 spiro atoms. The van der Waals surface area contributed by atoms with Crippen LogP contribution in [-0.4, -0.2) is 37.9 Å². The smallest absolute Gasteiger partial charge is 0.151 e. The Kier molecular flexibility index (Phi) is 3.69. The topological polar surface area (TPSA) is 61.2 Å². The zero-order chi connectivity index (χ0) is 13.2. The van der Waals surface area contributed by atoms with E-state index < -0.39 is 9.84 Å². The maximum atomic E-state index is 11.4. The molecule has 2 rings (SSSR count). The van der Waals surface area contributed by atoms with Gasteiger partial charge in [0.05, 0.1) is 23.1 Å². The van der Waals surface area contributed by atoms with E-state index in [0.29, 0.717) is 18.5 Å². The van der Waals surface area contributed by atoms with Crippen molar-refractivity contribution in [1.82, 2.24) is 4.90 Å². The highest BCUT2D eigenvalue weighted by Crippen LogP contribution is 2.19. The zero-order valence-corrected chi connectivity index (χ0v) is 11.2. The summed E-state index contributed by atoms with van der Waals surface area (Å²) in [5.74, 6) is 0.514. The molecular weight excluding hydrogens is 248 g/mol. The summed E-state index contributed by atoms with van der Waals surface area (Å²) in [7, 11) is -0.939. The first-order chi connectivity index (χ1) is 8.52. The number of nitrogens with zero attached hydrogens (tertiary/aromatic N) is 2. The Hall–Kier alpha value is -1.38. The normalized spacial score (nSPS) is 21.9. The van der Waals surface area contributed by atoms with Crippen LogP contribution < -0.4 is 0 Å². The SMILES string of the molecule is CN(Cc1ccccc1C#N)C1CCS(=O)(=O)C1. The average Bonchev–Trinajstić information content (AvgIpc) is 2.70. The Balaban J connectivity index is 2.08. The summed E-state index contributed by atoms with van der Waals surface area (Å²) in [6.45, 7) is 0.615. The predicted octanol–water partition coefficient (Wildman–Crippen LogP) is 1.18. The highest BCUT2D eigenvalue weighted by molar-refractivity contribution is 7.91. The van der Waals surface area contributed by atoms with Crippen molar-refractivity contribution < 1.29 is 8.42 Å². The minimum Gasteiger partial charge on any atom is -0.298 e. The fraction of sp³-hybridized carbons (Fsp3) is 0.462. The second kappa shape index (κ2) is 5.09. The molecule has 1 atom stereocenters. The number of rotatable bonds is 3. The lowest BCUT2D eigenvalue weighted by Crippen LogP contribution is -2.32. The maximum Gasteiger partial charge on any atom is 0.151 e. The average molecular weight is 264 g/mol. The van der Waals surface area contributed by atoms with E-state index in [1.165, 1.54) is 0 Å². The fourth-order valence-corrected chi connectivity index (χ4v) is 4.09. The van der Waals surface area contributed by atoms with Crippen molar-refractivity contribution in [2.75, 3.05) is 18.6 Å². The molecule has 0 saturated carbocycles. The monoisotopic (exact) mass is 264 g/mol. The molecule has 1 aliphatic rings. The van der Waals surface area contributed by atoms with Crippen molar-refractivity contribution in [3.8, 4) is 6.07 Å². The minimum atomic E-state index is -2.86. The molecule has 1 aromatic carbocycles. The Morgan fingerprint density at radius 2 is 2.17 bits per heavy atom. The highest BCUT2D eigenvalue weighted by atomic mass is 32.2. The van der Waals surface area contributed by atoms with E-state index in [9.17, 15) is 8.42 Å². The number of nitriles is 1. The van der Waals surface area contributed by atoms with Crippen molar-refractivity contribution in [3.05, 3.63) is 35.4 Å². The lowest BCUT2D eigenvalue weighted by molar-refractivity contribution is 0.254. The van der Waals surface area contributed by atoms with Crippen molar-refractivity contribution in [2.45, 2.75) is 19.0 Å². The van der Waals surface area contributed by atoms with Gasteiger partial charge < -0.3 is 0 Å². The van der Waals surface area contributed by atoms with Crippen LogP contribution in [-0.2, 0) is 16.4 Å². The van der Waals surface area contributed by atoms with E-state index in [-0.39, 0.29) is 17.5 Å². The van der Waals surface area contributed by atoms with E-state index in [0.717, 1.165) is 5.56 Å². The summed E-state index contributed by atoms with van der Waals surface area (Å²) >= 11 is 0. The van der Waals surface area contributed by atoms with Crippen LogP contribution in [0, 0.1) is 11.3 Å². The Bertz CT molecular complexity index is 575. The summed E-state index contributed by atoms with van der Waals surface area (Å²) in [4.78, 5) is 2.03. The van der Waals surface area contributed by atoms with Gasteiger partial charge in [-0.3, -0.25) is 4.90 Å². The molecule has 1 aromatic rings. The number of hydrogen-bond donors (Lipinski definition) is 0. The van der Waals surface area contributed by atoms with Crippen LogP contribution in [0.4, 0.5) is 0 Å². The molecule has 1 heterocycles. The molecule has 0 amide bonds. The van der Waals surface area contributed by atoms with Gasteiger partial charge >= 0.3 is 0 Å². The fourth-order valence-electron chi connectivity index (χ4n) is 2.29. The summed E-state index contributed by atoms with van der Waals surface area (Å²) in [6.07, 6.45) is 0.688. The molecule has 0 N–H and O–H groups in total. The molecule has 18 heavy (non-hydrogen) atoms. The lowest BCUT2D eigenvalue weighted by Gasteiger charge is -2.23. The van der Waals surface area contributed by atoms with Crippen LogP contribution in [0.25, 0.3) is 0 Å². The van der Waals surface area contributed by atoms with Crippen LogP contribution in [0.5, 0.6) is 0 Å². The summed E-state index contributed by atoms with van der Waals surface area (Å²) in [5, 5.41) is 9.02. The van der Waals surface area contributed by atoms with E-state index in [1.807, 2.05) is 30.1 Å². The molecule has 4 nitrogen and oxygen atoms in total. The van der Waals surface area contributed by atoms with Gasteiger partial charge in [0.15, 0.2) is 9.84 Å². The maximum absolute atomic E-state index is 11.4. The van der Waals surface area contributed by atoms with Crippen LogP contribution in [0.3, 0.4) is 0 Å². The number of sulfone groups is 1. The minimum absolute atomic E-state index is 0.0711. The van der Waals surface area contributed by atoms with Crippen LogP contribution >= 0.6 is 0 Å². The predicted molar refractivity (Wildman–Crippen MR) is 69.7 cm³/mol. The first-order valence-electron chi connectivity index (χ1n) is 5.90. The van der Waals surface area contributed by atoms with Gasteiger partial charge in [-0.1, -0.05) is 18.2 Å². The molecule has 0 radical (unpaired) electrons. The van der Waals surface area contributed by atoms with Crippen molar-refractivity contribution >= 4 is 9.84 Å². The van der Waals surface area contributed by atoms with Gasteiger partial charge in [-0.2, -0.15) is 5.26 Å². The molecule has 96 valence electrons. The molecule has 5 heteroatoms. The van der Waals surface area contributed by atoms with Gasteiger partial charge in [0.25, 0.3) is 0 Å². The molecule has 0 aromatic heterocycles. The van der Waals surface area contributed by atoms with Gasteiger partial charge in [0, 0.05) is 12.6 Å². The highest BCUT2D eigenvalue weighted by Gasteiger charge is 2.30. The standard InChI is InChI=1S/C13H16N2O2S/c1-15(13-6-7-18(16,17)10-13)9-12-5-3-2-4-11(12)8-14/h2-5,13H,6-7,9-10H2,1H3. The molecule has 1 saturated heterocycles. The molecule has 0 aliphatic carbocycles. The third kappa shape index (κ3) is 2.89. The van der Waals surface area contributed by atoms with E-state index in [2.05, 4.69) is 6.07 Å². The van der Waals surface area contributed by atoms with E-state index in [1.54, 1.807) is 6.07 Å². The first kappa shape index (κ1) is 13.1. The first-order valence-corrected chi connectivity index (χ1v) is 7.72. The lowest BCUT2D eigenvalue weighted by atomic mass is 10.1. The van der Waals surface area contributed by atoms with E-state index in [4.69, 9.17) is 5.26 Å². The van der Waals surface area contributed by atoms with Crippen molar-refractivity contribution in [2.24, 2.45) is 0 Å². The van der Waals surface area contributed by atoms with Crippen LogP contribution in [0.1, 0.15) is 17.5 Å². The van der Waals surface area contributed by atoms with Crippen LogP contribution in [0.15, 0.2) is 24.3 Å². The zero-order valence-electron chi connectivity index (χ0n) is 10.3. The Morgan fingerprint density at radius 3 is 2.78 bits per heavy atom. The third-order valence-corrected chi connectivity index (χ3v) is 5.14. The van der Waals surface area contributed by atoms with Gasteiger partial charge in [0.2, 0.25) is 0 Å². The largest absolute Gasteiger partial charge is 0.298 e. The van der Waals surface area contributed by atoms with Crippen molar-refractivity contribution in [3.63, 3.8) is 0 Å². The Morgan fingerprint density at radius 1 is 1.44 bits per heavy atom. The summed E-state index contributed by atoms with van der Waals surface area (Å²) in [5.41, 5.74) is 1.61.